The lowest BCUT2D eigenvalue weighted by Gasteiger charge is -2.35. The first kappa shape index (κ1) is 17.9. The summed E-state index contributed by atoms with van der Waals surface area (Å²) >= 11 is 0. The van der Waals surface area contributed by atoms with Crippen LogP contribution in [0.3, 0.4) is 0 Å². The van der Waals surface area contributed by atoms with E-state index in [1.165, 1.54) is 6.42 Å². The van der Waals surface area contributed by atoms with Crippen molar-refractivity contribution in [3.63, 3.8) is 0 Å². The van der Waals surface area contributed by atoms with E-state index in [9.17, 15) is 9.59 Å². The SMILES string of the molecule is COCCNC(=O)C(C)NC(=O)CC1(CN)CCCCC1. The fourth-order valence-corrected chi connectivity index (χ4v) is 2.88. The largest absolute Gasteiger partial charge is 0.383 e. The number of methoxy groups -OCH3 is 1. The Bertz CT molecular complexity index is 341. The van der Waals surface area contributed by atoms with Crippen molar-refractivity contribution in [1.82, 2.24) is 10.6 Å². The lowest BCUT2D eigenvalue weighted by molar-refractivity contribution is -0.130. The van der Waals surface area contributed by atoms with Crippen molar-refractivity contribution in [3.8, 4) is 0 Å². The van der Waals surface area contributed by atoms with Gasteiger partial charge in [-0.2, -0.15) is 0 Å². The summed E-state index contributed by atoms with van der Waals surface area (Å²) in [4.78, 5) is 23.9. The molecule has 6 heteroatoms. The summed E-state index contributed by atoms with van der Waals surface area (Å²) < 4.78 is 4.87. The smallest absolute Gasteiger partial charge is 0.242 e. The van der Waals surface area contributed by atoms with Crippen molar-refractivity contribution >= 4 is 11.8 Å². The topological polar surface area (TPSA) is 93.5 Å². The molecule has 21 heavy (non-hydrogen) atoms. The number of amides is 2. The molecule has 1 rings (SSSR count). The summed E-state index contributed by atoms with van der Waals surface area (Å²) in [5, 5.41) is 5.48. The fourth-order valence-electron chi connectivity index (χ4n) is 2.88. The lowest BCUT2D eigenvalue weighted by Crippen LogP contribution is -2.47. The van der Waals surface area contributed by atoms with Crippen molar-refractivity contribution in [1.29, 1.82) is 0 Å². The molecule has 0 aromatic rings. The Balaban J connectivity index is 2.39. The van der Waals surface area contributed by atoms with Gasteiger partial charge in [0.25, 0.3) is 0 Å². The van der Waals surface area contributed by atoms with Crippen molar-refractivity contribution < 1.29 is 14.3 Å². The number of hydrogen-bond acceptors (Lipinski definition) is 4. The van der Waals surface area contributed by atoms with Gasteiger partial charge in [0, 0.05) is 20.1 Å². The Kier molecular flexibility index (Phi) is 7.67. The molecule has 0 bridgehead atoms. The Hall–Kier alpha value is -1.14. The second-order valence-corrected chi connectivity index (χ2v) is 6.01. The zero-order chi connectivity index (χ0) is 15.7. The third-order valence-electron chi connectivity index (χ3n) is 4.26. The molecule has 0 aromatic heterocycles. The van der Waals surface area contributed by atoms with Crippen LogP contribution in [0.2, 0.25) is 0 Å². The van der Waals surface area contributed by atoms with Gasteiger partial charge in [0.1, 0.15) is 6.04 Å². The number of nitrogens with one attached hydrogen (secondary N) is 2. The molecular formula is C15H29N3O3. The minimum absolute atomic E-state index is 0.0748. The third kappa shape index (κ3) is 6.01. The van der Waals surface area contributed by atoms with Gasteiger partial charge in [-0.05, 0) is 31.7 Å². The summed E-state index contributed by atoms with van der Waals surface area (Å²) in [5.41, 5.74) is 5.81. The Morgan fingerprint density at radius 1 is 1.29 bits per heavy atom. The molecule has 1 aliphatic rings. The predicted molar refractivity (Wildman–Crippen MR) is 81.7 cm³/mol. The van der Waals surface area contributed by atoms with Crippen LogP contribution in [0.4, 0.5) is 0 Å². The molecule has 1 fully saturated rings. The van der Waals surface area contributed by atoms with Crippen molar-refractivity contribution in [2.45, 2.75) is 51.5 Å². The van der Waals surface area contributed by atoms with Crippen LogP contribution in [-0.4, -0.2) is 44.7 Å². The summed E-state index contributed by atoms with van der Waals surface area (Å²) in [6, 6.07) is -0.534. The molecule has 0 aliphatic heterocycles. The molecule has 0 heterocycles. The standard InChI is InChI=1S/C15H29N3O3/c1-12(14(20)17-8-9-21-2)18-13(19)10-15(11-16)6-4-3-5-7-15/h12H,3-11,16H2,1-2H3,(H,17,20)(H,18,19). The highest BCUT2D eigenvalue weighted by Gasteiger charge is 2.33. The number of carbonyl (C=O) groups excluding carboxylic acids is 2. The molecule has 122 valence electrons. The first-order valence-corrected chi connectivity index (χ1v) is 7.79. The zero-order valence-electron chi connectivity index (χ0n) is 13.2. The Morgan fingerprint density at radius 3 is 2.52 bits per heavy atom. The molecule has 2 amide bonds. The lowest BCUT2D eigenvalue weighted by atomic mass is 9.71. The highest BCUT2D eigenvalue weighted by atomic mass is 16.5. The van der Waals surface area contributed by atoms with Gasteiger partial charge in [-0.25, -0.2) is 0 Å². The predicted octanol–water partition coefficient (Wildman–Crippen LogP) is 0.553. The van der Waals surface area contributed by atoms with Crippen LogP contribution in [0.1, 0.15) is 45.4 Å². The van der Waals surface area contributed by atoms with Gasteiger partial charge in [-0.15, -0.1) is 0 Å². The molecular weight excluding hydrogens is 270 g/mol. The van der Waals surface area contributed by atoms with Gasteiger partial charge in [-0.1, -0.05) is 19.3 Å². The van der Waals surface area contributed by atoms with Crippen LogP contribution in [0, 0.1) is 5.41 Å². The first-order valence-electron chi connectivity index (χ1n) is 7.79. The van der Waals surface area contributed by atoms with Gasteiger partial charge < -0.3 is 21.1 Å². The van der Waals surface area contributed by atoms with E-state index in [4.69, 9.17) is 10.5 Å². The highest BCUT2D eigenvalue weighted by Crippen LogP contribution is 2.38. The van der Waals surface area contributed by atoms with Crippen molar-refractivity contribution in [3.05, 3.63) is 0 Å². The average molecular weight is 299 g/mol. The normalized spacial score (nSPS) is 18.8. The van der Waals surface area contributed by atoms with Crippen molar-refractivity contribution in [2.75, 3.05) is 26.8 Å². The number of hydrogen-bond donors (Lipinski definition) is 3. The van der Waals surface area contributed by atoms with Gasteiger partial charge in [0.05, 0.1) is 6.61 Å². The van der Waals surface area contributed by atoms with Gasteiger partial charge >= 0.3 is 0 Å². The van der Waals surface area contributed by atoms with E-state index in [-0.39, 0.29) is 17.2 Å². The Labute approximate surface area is 127 Å². The van der Waals surface area contributed by atoms with E-state index in [0.717, 1.165) is 25.7 Å². The molecule has 1 unspecified atom stereocenters. The van der Waals surface area contributed by atoms with E-state index in [1.54, 1.807) is 14.0 Å². The molecule has 6 nitrogen and oxygen atoms in total. The second kappa shape index (κ2) is 9.00. The molecule has 0 spiro atoms. The minimum atomic E-state index is -0.534. The molecule has 0 radical (unpaired) electrons. The second-order valence-electron chi connectivity index (χ2n) is 6.01. The maximum absolute atomic E-state index is 12.1. The number of nitrogens with two attached hydrogens (primary N) is 1. The van der Waals surface area contributed by atoms with Crippen LogP contribution < -0.4 is 16.4 Å². The van der Waals surface area contributed by atoms with Gasteiger partial charge in [-0.3, -0.25) is 9.59 Å². The minimum Gasteiger partial charge on any atom is -0.383 e. The summed E-state index contributed by atoms with van der Waals surface area (Å²) in [6.45, 7) is 3.13. The van der Waals surface area contributed by atoms with E-state index in [0.29, 0.717) is 26.1 Å². The number of rotatable bonds is 8. The molecule has 4 N–H and O–H groups in total. The van der Waals surface area contributed by atoms with Crippen LogP contribution >= 0.6 is 0 Å². The molecule has 1 aliphatic carbocycles. The molecule has 1 saturated carbocycles. The maximum atomic E-state index is 12.1. The zero-order valence-corrected chi connectivity index (χ0v) is 13.2. The van der Waals surface area contributed by atoms with E-state index < -0.39 is 6.04 Å². The van der Waals surface area contributed by atoms with Crippen LogP contribution in [0.5, 0.6) is 0 Å². The van der Waals surface area contributed by atoms with Gasteiger partial charge in [0.15, 0.2) is 0 Å². The first-order chi connectivity index (χ1) is 10.0. The number of carbonyl (C=O) groups is 2. The monoisotopic (exact) mass is 299 g/mol. The molecule has 1 atom stereocenters. The van der Waals surface area contributed by atoms with Gasteiger partial charge in [0.2, 0.25) is 11.8 Å². The summed E-state index contributed by atoms with van der Waals surface area (Å²) in [5.74, 6) is -0.275. The van der Waals surface area contributed by atoms with Crippen LogP contribution in [0.25, 0.3) is 0 Å². The van der Waals surface area contributed by atoms with E-state index >= 15 is 0 Å². The molecule has 0 aromatic carbocycles. The fraction of sp³-hybridized carbons (Fsp3) is 0.867. The summed E-state index contributed by atoms with van der Waals surface area (Å²) in [7, 11) is 1.58. The van der Waals surface area contributed by atoms with E-state index in [2.05, 4.69) is 10.6 Å². The number of ether oxygens (including phenoxy) is 1. The Morgan fingerprint density at radius 2 is 1.95 bits per heavy atom. The average Bonchev–Trinajstić information content (AvgIpc) is 2.48. The summed E-state index contributed by atoms with van der Waals surface area (Å²) in [6.07, 6.45) is 5.92. The third-order valence-corrected chi connectivity index (χ3v) is 4.26. The van der Waals surface area contributed by atoms with Crippen LogP contribution in [-0.2, 0) is 14.3 Å². The van der Waals surface area contributed by atoms with Crippen LogP contribution in [0.15, 0.2) is 0 Å². The quantitative estimate of drug-likeness (QED) is 0.571. The molecule has 0 saturated heterocycles. The highest BCUT2D eigenvalue weighted by molar-refractivity contribution is 5.87. The maximum Gasteiger partial charge on any atom is 0.242 e. The van der Waals surface area contributed by atoms with E-state index in [1.807, 2.05) is 0 Å². The van der Waals surface area contributed by atoms with Crippen molar-refractivity contribution in [2.24, 2.45) is 11.1 Å².